The minimum atomic E-state index is -2.09. The average Bonchev–Trinajstić information content (AvgIpc) is 2.29. The van der Waals surface area contributed by atoms with Crippen LogP contribution in [0, 0.1) is 0 Å². The lowest BCUT2D eigenvalue weighted by Gasteiger charge is -2.27. The van der Waals surface area contributed by atoms with Gasteiger partial charge in [-0.1, -0.05) is 6.58 Å². The summed E-state index contributed by atoms with van der Waals surface area (Å²) in [4.78, 5) is 0. The molecule has 1 aliphatic rings. The maximum absolute atomic E-state index is 5.69. The van der Waals surface area contributed by atoms with Crippen LogP contribution >= 0.6 is 11.8 Å². The molecule has 5 nitrogen and oxygen atoms in total. The summed E-state index contributed by atoms with van der Waals surface area (Å²) in [5, 5.41) is 0. The fourth-order valence-corrected chi connectivity index (χ4v) is 8.09. The maximum atomic E-state index is 5.69. The van der Waals surface area contributed by atoms with Gasteiger partial charge in [0.2, 0.25) is 0 Å². The number of ether oxygens (including phenoxy) is 1. The van der Waals surface area contributed by atoms with E-state index in [-0.39, 0.29) is 30.0 Å². The van der Waals surface area contributed by atoms with Crippen LogP contribution in [0.1, 0.15) is 0 Å². The molecule has 17 heavy (non-hydrogen) atoms. The van der Waals surface area contributed by atoms with Crippen LogP contribution in [-0.2, 0) is 21.2 Å². The molecule has 1 fully saturated rings. The van der Waals surface area contributed by atoms with Gasteiger partial charge >= 0.3 is 38.6 Å². The van der Waals surface area contributed by atoms with Crippen LogP contribution in [-0.4, -0.2) is 56.7 Å². The van der Waals surface area contributed by atoms with Gasteiger partial charge in [-0.05, 0) is 18.3 Å². The molecule has 0 aromatic rings. The van der Waals surface area contributed by atoms with Gasteiger partial charge in [-0.3, -0.25) is 0 Å². The van der Waals surface area contributed by atoms with E-state index < -0.39 is 8.56 Å². The van der Waals surface area contributed by atoms with Crippen LogP contribution < -0.4 is 0 Å². The summed E-state index contributed by atoms with van der Waals surface area (Å²) in [5.74, 6) is 1.95. The lowest BCUT2D eigenvalue weighted by Crippen LogP contribution is -2.45. The second kappa shape index (κ2) is 9.52. The van der Waals surface area contributed by atoms with Gasteiger partial charge in [-0.15, -0.1) is 0 Å². The third-order valence-corrected chi connectivity index (χ3v) is 9.77. The Labute approximate surface area is 115 Å². The Kier molecular flexibility index (Phi) is 8.76. The minimum absolute atomic E-state index is 0.0342. The highest BCUT2D eigenvalue weighted by atomic mass is 32.2. The second-order valence-corrected chi connectivity index (χ2v) is 11.0. The molecule has 1 saturated heterocycles. The van der Waals surface area contributed by atoms with E-state index in [0.29, 0.717) is 6.61 Å². The summed E-state index contributed by atoms with van der Waals surface area (Å²) in [6, 6.07) is 0.932. The van der Waals surface area contributed by atoms with Crippen LogP contribution in [0.5, 0.6) is 0 Å². The average molecular weight is 323 g/mol. The summed E-state index contributed by atoms with van der Waals surface area (Å²) in [6.45, 7) is 6.24. The molecule has 94 valence electrons. The van der Waals surface area contributed by atoms with Crippen LogP contribution in [0.15, 0.2) is 12.8 Å². The molecule has 0 aromatic carbocycles. The first-order valence-electron chi connectivity index (χ1n) is 5.00. The Morgan fingerprint density at radius 1 is 1.24 bits per heavy atom. The highest BCUT2D eigenvalue weighted by molar-refractivity contribution is 7.99. The van der Waals surface area contributed by atoms with Crippen molar-refractivity contribution in [2.24, 2.45) is 0 Å². The molecule has 1 heterocycles. The summed E-state index contributed by atoms with van der Waals surface area (Å²) >= 11 is 1.83. The smallest absolute Gasteiger partial charge is 0.413 e. The predicted octanol–water partition coefficient (Wildman–Crippen LogP) is 0.634. The molecule has 0 spiro atoms. The highest BCUT2D eigenvalue weighted by Gasteiger charge is 2.33. The van der Waals surface area contributed by atoms with Gasteiger partial charge in [-0.25, -0.2) is 0 Å². The first kappa shape index (κ1) is 15.7. The zero-order chi connectivity index (χ0) is 12.4. The van der Waals surface area contributed by atoms with Gasteiger partial charge in [0, 0.05) is 5.75 Å². The fraction of sp³-hybridized carbons (Fsp3) is 0.714. The van der Waals surface area contributed by atoms with Crippen LogP contribution in [0.2, 0.25) is 12.6 Å². The summed E-state index contributed by atoms with van der Waals surface area (Å²) in [7, 11) is -1.99. The van der Waals surface area contributed by atoms with Gasteiger partial charge in [0.1, 0.15) is 0 Å². The van der Waals surface area contributed by atoms with E-state index >= 15 is 0 Å². The van der Waals surface area contributed by atoms with Crippen molar-refractivity contribution >= 4 is 50.3 Å². The van der Waals surface area contributed by atoms with Crippen molar-refractivity contribution in [1.29, 1.82) is 0 Å². The fourth-order valence-electron chi connectivity index (χ4n) is 0.946. The van der Waals surface area contributed by atoms with Crippen LogP contribution in [0.25, 0.3) is 0 Å². The van der Waals surface area contributed by atoms with Gasteiger partial charge in [0.05, 0.1) is 12.9 Å². The van der Waals surface area contributed by atoms with Gasteiger partial charge in [-0.2, -0.15) is 11.8 Å². The Hall–Kier alpha value is 0.598. The standard InChI is InChI=1S/C7H14O5SSi4/c1-3-8-4-5-13-6-7-17(2)11-15-9-14-10-16-12-17/h3H,1,4-7H2,2H3. The third-order valence-electron chi connectivity index (χ3n) is 1.85. The molecule has 1 aliphatic heterocycles. The quantitative estimate of drug-likeness (QED) is 0.389. The minimum Gasteiger partial charge on any atom is -0.501 e. The Morgan fingerprint density at radius 2 is 1.94 bits per heavy atom. The van der Waals surface area contributed by atoms with Crippen molar-refractivity contribution < 1.29 is 21.2 Å². The summed E-state index contributed by atoms with van der Waals surface area (Å²) in [5.41, 5.74) is 0. The van der Waals surface area contributed by atoms with E-state index in [1.807, 2.05) is 11.8 Å². The maximum Gasteiger partial charge on any atom is 0.413 e. The molecule has 0 amide bonds. The molecular formula is C7H14O5SSi4. The van der Waals surface area contributed by atoms with Crippen molar-refractivity contribution in [2.75, 3.05) is 18.1 Å². The lowest BCUT2D eigenvalue weighted by atomic mass is 10.8. The third kappa shape index (κ3) is 7.58. The molecule has 0 unspecified atom stereocenters. The van der Waals surface area contributed by atoms with Gasteiger partial charge < -0.3 is 21.2 Å². The first-order valence-corrected chi connectivity index (χ1v) is 11.1. The number of hydrogen-bond acceptors (Lipinski definition) is 6. The molecule has 0 bridgehead atoms. The molecule has 0 aliphatic carbocycles. The Balaban J connectivity index is 2.11. The monoisotopic (exact) mass is 322 g/mol. The van der Waals surface area contributed by atoms with E-state index in [1.54, 1.807) is 0 Å². The van der Waals surface area contributed by atoms with Crippen molar-refractivity contribution in [2.45, 2.75) is 12.6 Å². The van der Waals surface area contributed by atoms with E-state index in [1.165, 1.54) is 6.26 Å². The molecule has 0 atom stereocenters. The molecule has 6 radical (unpaired) electrons. The normalized spacial score (nSPS) is 20.3. The van der Waals surface area contributed by atoms with Crippen molar-refractivity contribution in [3.8, 4) is 0 Å². The van der Waals surface area contributed by atoms with Crippen LogP contribution in [0.3, 0.4) is 0 Å². The predicted molar refractivity (Wildman–Crippen MR) is 71.5 cm³/mol. The summed E-state index contributed by atoms with van der Waals surface area (Å²) < 4.78 is 26.8. The van der Waals surface area contributed by atoms with E-state index in [0.717, 1.165) is 17.5 Å². The zero-order valence-electron chi connectivity index (χ0n) is 9.56. The number of hydrogen-bond donors (Lipinski definition) is 0. The van der Waals surface area contributed by atoms with Gasteiger partial charge in [0.15, 0.2) is 0 Å². The molecule has 10 heteroatoms. The molecule has 0 N–H and O–H groups in total. The van der Waals surface area contributed by atoms with E-state index in [2.05, 4.69) is 13.1 Å². The molecular weight excluding hydrogens is 308 g/mol. The first-order chi connectivity index (χ1) is 8.27. The topological polar surface area (TPSA) is 46.2 Å². The van der Waals surface area contributed by atoms with E-state index in [9.17, 15) is 0 Å². The SMILES string of the molecule is C=COCCSCC[Si]1(C)O[Si]O[Si]O[Si]O1. The highest BCUT2D eigenvalue weighted by Crippen LogP contribution is 2.17. The van der Waals surface area contributed by atoms with Gasteiger partial charge in [0.25, 0.3) is 0 Å². The number of thioether (sulfide) groups is 1. The van der Waals surface area contributed by atoms with Crippen LogP contribution in [0.4, 0.5) is 0 Å². The van der Waals surface area contributed by atoms with Crippen molar-refractivity contribution in [1.82, 2.24) is 0 Å². The second-order valence-electron chi connectivity index (χ2n) is 3.19. The summed E-state index contributed by atoms with van der Waals surface area (Å²) in [6.07, 6.45) is 1.47. The Morgan fingerprint density at radius 3 is 2.59 bits per heavy atom. The molecule has 1 rings (SSSR count). The Bertz CT molecular complexity index is 214. The molecule has 0 saturated carbocycles. The van der Waals surface area contributed by atoms with Crippen molar-refractivity contribution in [3.05, 3.63) is 12.8 Å². The van der Waals surface area contributed by atoms with E-state index in [4.69, 9.17) is 21.2 Å². The number of rotatable bonds is 7. The molecule has 0 aromatic heterocycles. The van der Waals surface area contributed by atoms with Crippen molar-refractivity contribution in [3.63, 3.8) is 0 Å². The zero-order valence-corrected chi connectivity index (χ0v) is 14.4. The largest absolute Gasteiger partial charge is 0.501 e. The lowest BCUT2D eigenvalue weighted by molar-refractivity contribution is 0.274.